The zero-order valence-electron chi connectivity index (χ0n) is 11.1. The Morgan fingerprint density at radius 1 is 1.29 bits per heavy atom. The average Bonchev–Trinajstić information content (AvgIpc) is 2.95. The van der Waals surface area contributed by atoms with Gasteiger partial charge in [0.25, 0.3) is 0 Å². The minimum atomic E-state index is 0.396. The number of hydrogen-bond acceptors (Lipinski definition) is 3. The predicted molar refractivity (Wildman–Crippen MR) is 69.2 cm³/mol. The van der Waals surface area contributed by atoms with Crippen molar-refractivity contribution < 1.29 is 4.74 Å². The van der Waals surface area contributed by atoms with Crippen molar-refractivity contribution in [2.45, 2.75) is 50.6 Å². The Morgan fingerprint density at radius 2 is 2.12 bits per heavy atom. The van der Waals surface area contributed by atoms with Crippen LogP contribution in [0.1, 0.15) is 38.5 Å². The first kappa shape index (κ1) is 11.9. The fourth-order valence-corrected chi connectivity index (χ4v) is 3.10. The van der Waals surface area contributed by atoms with Crippen LogP contribution < -0.4 is 5.32 Å². The van der Waals surface area contributed by atoms with Gasteiger partial charge in [-0.15, -0.1) is 0 Å². The first-order valence-electron chi connectivity index (χ1n) is 7.29. The molecule has 1 aliphatic heterocycles. The van der Waals surface area contributed by atoms with E-state index >= 15 is 0 Å². The largest absolute Gasteiger partial charge is 0.381 e. The van der Waals surface area contributed by atoms with Gasteiger partial charge in [0.15, 0.2) is 0 Å². The summed E-state index contributed by atoms with van der Waals surface area (Å²) in [5.74, 6) is 0. The fraction of sp³-hybridized carbons (Fsp3) is 1.00. The molecule has 3 nitrogen and oxygen atoms in total. The SMILES string of the molecule is CN(CC1(CNC2CC2)CCOC1)C1CCC1. The van der Waals surface area contributed by atoms with Crippen LogP contribution in [0.4, 0.5) is 0 Å². The molecule has 0 bridgehead atoms. The van der Waals surface area contributed by atoms with Crippen LogP contribution in [-0.2, 0) is 4.74 Å². The monoisotopic (exact) mass is 238 g/mol. The molecule has 98 valence electrons. The molecule has 1 unspecified atom stereocenters. The van der Waals surface area contributed by atoms with Crippen LogP contribution in [-0.4, -0.2) is 50.3 Å². The highest BCUT2D eigenvalue weighted by Crippen LogP contribution is 2.33. The van der Waals surface area contributed by atoms with Crippen molar-refractivity contribution in [3.8, 4) is 0 Å². The van der Waals surface area contributed by atoms with Crippen LogP contribution in [0, 0.1) is 5.41 Å². The lowest BCUT2D eigenvalue weighted by Gasteiger charge is -2.40. The molecule has 1 N–H and O–H groups in total. The maximum Gasteiger partial charge on any atom is 0.0547 e. The molecule has 3 fully saturated rings. The molecule has 3 heteroatoms. The van der Waals surface area contributed by atoms with E-state index in [4.69, 9.17) is 4.74 Å². The summed E-state index contributed by atoms with van der Waals surface area (Å²) < 4.78 is 5.68. The lowest BCUT2D eigenvalue weighted by Crippen LogP contribution is -2.48. The summed E-state index contributed by atoms with van der Waals surface area (Å²) in [6.45, 7) is 4.31. The first-order valence-corrected chi connectivity index (χ1v) is 7.29. The second-order valence-electron chi connectivity index (χ2n) is 6.46. The summed E-state index contributed by atoms with van der Waals surface area (Å²) in [5.41, 5.74) is 0.396. The van der Waals surface area contributed by atoms with Gasteiger partial charge in [0.05, 0.1) is 6.61 Å². The van der Waals surface area contributed by atoms with E-state index in [0.29, 0.717) is 5.41 Å². The molecule has 3 aliphatic rings. The second kappa shape index (κ2) is 4.87. The van der Waals surface area contributed by atoms with E-state index < -0.39 is 0 Å². The molecule has 0 aromatic heterocycles. The van der Waals surface area contributed by atoms with Crippen LogP contribution in [0.3, 0.4) is 0 Å². The highest BCUT2D eigenvalue weighted by molar-refractivity contribution is 4.93. The Bertz CT molecular complexity index is 255. The van der Waals surface area contributed by atoms with E-state index in [-0.39, 0.29) is 0 Å². The van der Waals surface area contributed by atoms with E-state index in [9.17, 15) is 0 Å². The van der Waals surface area contributed by atoms with E-state index in [1.54, 1.807) is 0 Å². The van der Waals surface area contributed by atoms with E-state index in [0.717, 1.165) is 31.8 Å². The molecule has 0 aromatic carbocycles. The van der Waals surface area contributed by atoms with E-state index in [1.807, 2.05) is 0 Å². The molecule has 2 aliphatic carbocycles. The minimum Gasteiger partial charge on any atom is -0.381 e. The molecule has 17 heavy (non-hydrogen) atoms. The van der Waals surface area contributed by atoms with Crippen LogP contribution in [0.2, 0.25) is 0 Å². The summed E-state index contributed by atoms with van der Waals surface area (Å²) in [5, 5.41) is 3.71. The van der Waals surface area contributed by atoms with Crippen LogP contribution in [0.25, 0.3) is 0 Å². The van der Waals surface area contributed by atoms with Gasteiger partial charge in [-0.1, -0.05) is 6.42 Å². The van der Waals surface area contributed by atoms with Gasteiger partial charge in [0.2, 0.25) is 0 Å². The third kappa shape index (κ3) is 2.83. The number of ether oxygens (including phenoxy) is 1. The smallest absolute Gasteiger partial charge is 0.0547 e. The lowest BCUT2D eigenvalue weighted by atomic mass is 9.84. The van der Waals surface area contributed by atoms with Crippen molar-refractivity contribution in [1.29, 1.82) is 0 Å². The van der Waals surface area contributed by atoms with Gasteiger partial charge < -0.3 is 15.0 Å². The topological polar surface area (TPSA) is 24.5 Å². The summed E-state index contributed by atoms with van der Waals surface area (Å²) in [7, 11) is 2.31. The van der Waals surface area contributed by atoms with Gasteiger partial charge in [0, 0.05) is 37.2 Å². The Labute approximate surface area is 105 Å². The molecule has 0 spiro atoms. The Hall–Kier alpha value is -0.120. The third-order valence-electron chi connectivity index (χ3n) is 4.81. The van der Waals surface area contributed by atoms with Crippen molar-refractivity contribution in [2.75, 3.05) is 33.4 Å². The molecule has 0 aromatic rings. The van der Waals surface area contributed by atoms with Crippen molar-refractivity contribution >= 4 is 0 Å². The maximum atomic E-state index is 5.68. The van der Waals surface area contributed by atoms with Crippen molar-refractivity contribution in [1.82, 2.24) is 10.2 Å². The number of nitrogens with one attached hydrogen (secondary N) is 1. The Morgan fingerprint density at radius 3 is 2.65 bits per heavy atom. The Kier molecular flexibility index (Phi) is 3.42. The van der Waals surface area contributed by atoms with Crippen LogP contribution in [0.15, 0.2) is 0 Å². The molecule has 1 saturated heterocycles. The zero-order chi connectivity index (χ0) is 11.7. The van der Waals surface area contributed by atoms with Gasteiger partial charge in [-0.3, -0.25) is 0 Å². The molecule has 2 saturated carbocycles. The summed E-state index contributed by atoms with van der Waals surface area (Å²) in [4.78, 5) is 2.59. The number of hydrogen-bond donors (Lipinski definition) is 1. The normalized spacial score (nSPS) is 34.2. The maximum absolute atomic E-state index is 5.68. The summed E-state index contributed by atoms with van der Waals surface area (Å²) >= 11 is 0. The fourth-order valence-electron chi connectivity index (χ4n) is 3.10. The Balaban J connectivity index is 1.53. The quantitative estimate of drug-likeness (QED) is 0.761. The average molecular weight is 238 g/mol. The molecule has 3 rings (SSSR count). The zero-order valence-corrected chi connectivity index (χ0v) is 11.1. The summed E-state index contributed by atoms with van der Waals surface area (Å²) in [6, 6.07) is 1.68. The number of rotatable bonds is 6. The minimum absolute atomic E-state index is 0.396. The molecule has 0 amide bonds. The van der Waals surface area contributed by atoms with Gasteiger partial charge in [-0.25, -0.2) is 0 Å². The van der Waals surface area contributed by atoms with Gasteiger partial charge in [-0.2, -0.15) is 0 Å². The third-order valence-corrected chi connectivity index (χ3v) is 4.81. The van der Waals surface area contributed by atoms with Gasteiger partial charge in [0.1, 0.15) is 0 Å². The van der Waals surface area contributed by atoms with Crippen molar-refractivity contribution in [3.63, 3.8) is 0 Å². The van der Waals surface area contributed by atoms with Crippen LogP contribution >= 0.6 is 0 Å². The second-order valence-corrected chi connectivity index (χ2v) is 6.46. The van der Waals surface area contributed by atoms with Crippen molar-refractivity contribution in [3.05, 3.63) is 0 Å². The van der Waals surface area contributed by atoms with Crippen LogP contribution in [0.5, 0.6) is 0 Å². The number of nitrogens with zero attached hydrogens (tertiary/aromatic N) is 1. The molecular weight excluding hydrogens is 212 g/mol. The molecule has 1 heterocycles. The first-order chi connectivity index (χ1) is 8.27. The molecule has 1 atom stereocenters. The standard InChI is InChI=1S/C14H26N2O/c1-16(13-3-2-4-13)10-14(7-8-17-11-14)9-15-12-5-6-12/h12-13,15H,2-11H2,1H3. The molecular formula is C14H26N2O. The predicted octanol–water partition coefficient (Wildman–Crippen LogP) is 1.63. The molecule has 0 radical (unpaired) electrons. The van der Waals surface area contributed by atoms with Gasteiger partial charge in [-0.05, 0) is 39.2 Å². The van der Waals surface area contributed by atoms with Gasteiger partial charge >= 0.3 is 0 Å². The highest BCUT2D eigenvalue weighted by atomic mass is 16.5. The van der Waals surface area contributed by atoms with Crippen molar-refractivity contribution in [2.24, 2.45) is 5.41 Å². The highest BCUT2D eigenvalue weighted by Gasteiger charge is 2.39. The van der Waals surface area contributed by atoms with E-state index in [2.05, 4.69) is 17.3 Å². The lowest BCUT2D eigenvalue weighted by molar-refractivity contribution is 0.0758. The summed E-state index contributed by atoms with van der Waals surface area (Å²) in [6.07, 6.45) is 8.25. The van der Waals surface area contributed by atoms with E-state index in [1.165, 1.54) is 45.1 Å².